The van der Waals surface area contributed by atoms with Crippen LogP contribution in [0.3, 0.4) is 0 Å². The fourth-order valence-corrected chi connectivity index (χ4v) is 6.83. The molecule has 4 heterocycles. The molecule has 13 heteroatoms. The monoisotopic (exact) mass is 698 g/mol. The average molecular weight is 699 g/mol. The van der Waals surface area contributed by atoms with Crippen molar-refractivity contribution in [3.05, 3.63) is 88.7 Å². The minimum absolute atomic E-state index is 0.106. The number of aliphatic hydroxyl groups excluding tert-OH is 1. The summed E-state index contributed by atoms with van der Waals surface area (Å²) < 4.78 is 15.9. The molecule has 1 saturated heterocycles. The molecule has 0 spiro atoms. The summed E-state index contributed by atoms with van der Waals surface area (Å²) in [5.74, 6) is 2.52. The number of urea groups is 1. The van der Waals surface area contributed by atoms with E-state index in [0.29, 0.717) is 35.1 Å². The third-order valence-corrected chi connectivity index (χ3v) is 9.56. The van der Waals surface area contributed by atoms with Gasteiger partial charge in [0.05, 0.1) is 35.2 Å². The van der Waals surface area contributed by atoms with Crippen LogP contribution in [0, 0.1) is 0 Å². The summed E-state index contributed by atoms with van der Waals surface area (Å²) >= 11 is 6.35. The summed E-state index contributed by atoms with van der Waals surface area (Å²) in [5, 5.41) is 29.6. The van der Waals surface area contributed by atoms with Gasteiger partial charge in [-0.15, -0.1) is 10.2 Å². The second-order valence-corrected chi connectivity index (χ2v) is 14.3. The lowest BCUT2D eigenvalue weighted by atomic mass is 9.85. The minimum atomic E-state index is -0.347. The average Bonchev–Trinajstić information content (AvgIpc) is 3.74. The number of amides is 2. The maximum absolute atomic E-state index is 13.6. The van der Waals surface area contributed by atoms with Crippen LogP contribution in [-0.2, 0) is 5.41 Å². The molecular formula is C37H43ClN8O4. The first-order chi connectivity index (χ1) is 24.2. The highest BCUT2D eigenvalue weighted by atomic mass is 35.5. The predicted molar refractivity (Wildman–Crippen MR) is 193 cm³/mol. The van der Waals surface area contributed by atoms with E-state index in [1.807, 2.05) is 47.0 Å². The van der Waals surface area contributed by atoms with Gasteiger partial charge in [-0.25, -0.2) is 9.48 Å². The molecule has 2 atom stereocenters. The Balaban J connectivity index is 1.09. The summed E-state index contributed by atoms with van der Waals surface area (Å²) in [6.07, 6.45) is 6.77. The quantitative estimate of drug-likeness (QED) is 0.150. The number of aromatic nitrogens is 5. The van der Waals surface area contributed by atoms with Crippen molar-refractivity contribution in [2.75, 3.05) is 36.5 Å². The zero-order valence-corrected chi connectivity index (χ0v) is 29.4. The molecule has 0 saturated carbocycles. The van der Waals surface area contributed by atoms with Crippen molar-refractivity contribution in [2.45, 2.75) is 70.4 Å². The topological polar surface area (TPSA) is 131 Å². The fourth-order valence-electron chi connectivity index (χ4n) is 6.66. The molecule has 1 aliphatic carbocycles. The van der Waals surface area contributed by atoms with Crippen LogP contribution in [-0.4, -0.2) is 61.8 Å². The highest BCUT2D eigenvalue weighted by Gasteiger charge is 2.30. The first kappa shape index (κ1) is 33.7. The Kier molecular flexibility index (Phi) is 9.56. The van der Waals surface area contributed by atoms with Crippen molar-refractivity contribution >= 4 is 35.0 Å². The van der Waals surface area contributed by atoms with Crippen LogP contribution in [0.1, 0.15) is 81.8 Å². The van der Waals surface area contributed by atoms with Gasteiger partial charge in [0.15, 0.2) is 5.65 Å². The van der Waals surface area contributed by atoms with Gasteiger partial charge in [0.1, 0.15) is 30.0 Å². The number of carbonyl (C=O) groups is 1. The number of hydrogen-bond donors (Lipinski definition) is 3. The van der Waals surface area contributed by atoms with Crippen LogP contribution < -0.4 is 25.0 Å². The SMILES string of the molecule is CC(C)(C)c1cc(NC(=O)N[C@H]2CC[C@@H](Oc3ccc4nnc(N5CCCCC5)n4c3)c3ccccc32)n(-c2ccc(Cl)c(OCCO)c2)n1. The van der Waals surface area contributed by atoms with Crippen LogP contribution >= 0.6 is 11.6 Å². The molecule has 0 unspecified atom stereocenters. The van der Waals surface area contributed by atoms with E-state index in [1.165, 1.54) is 6.42 Å². The number of carbonyl (C=O) groups excluding carboxylic acids is 1. The van der Waals surface area contributed by atoms with Crippen molar-refractivity contribution in [3.63, 3.8) is 0 Å². The van der Waals surface area contributed by atoms with Gasteiger partial charge in [0, 0.05) is 30.6 Å². The Labute approximate surface area is 296 Å². The van der Waals surface area contributed by atoms with E-state index in [9.17, 15) is 9.90 Å². The summed E-state index contributed by atoms with van der Waals surface area (Å²) in [4.78, 5) is 15.9. The summed E-state index contributed by atoms with van der Waals surface area (Å²) in [5.41, 5.74) is 4.04. The van der Waals surface area contributed by atoms with Crippen molar-refractivity contribution in [1.29, 1.82) is 0 Å². The molecule has 262 valence electrons. The Morgan fingerprint density at radius 3 is 2.58 bits per heavy atom. The summed E-state index contributed by atoms with van der Waals surface area (Å²) in [7, 11) is 0. The number of rotatable bonds is 9. The zero-order valence-electron chi connectivity index (χ0n) is 28.6. The summed E-state index contributed by atoms with van der Waals surface area (Å²) in [6, 6.07) is 18.6. The highest BCUT2D eigenvalue weighted by Crippen LogP contribution is 2.39. The Hall–Kier alpha value is -4.81. The number of pyridine rings is 1. The number of hydrogen-bond acceptors (Lipinski definition) is 8. The van der Waals surface area contributed by atoms with Gasteiger partial charge in [0.25, 0.3) is 0 Å². The van der Waals surface area contributed by atoms with Gasteiger partial charge in [-0.05, 0) is 67.5 Å². The van der Waals surface area contributed by atoms with E-state index in [1.54, 1.807) is 16.8 Å². The molecular weight excluding hydrogens is 656 g/mol. The van der Waals surface area contributed by atoms with Gasteiger partial charge in [-0.3, -0.25) is 9.72 Å². The minimum Gasteiger partial charge on any atom is -0.490 e. The highest BCUT2D eigenvalue weighted by molar-refractivity contribution is 6.32. The molecule has 2 amide bonds. The third-order valence-electron chi connectivity index (χ3n) is 9.24. The number of ether oxygens (including phenoxy) is 2. The number of nitrogens with zero attached hydrogens (tertiary/aromatic N) is 6. The molecule has 7 rings (SSSR count). The van der Waals surface area contributed by atoms with E-state index < -0.39 is 0 Å². The van der Waals surface area contributed by atoms with E-state index in [4.69, 9.17) is 26.2 Å². The smallest absolute Gasteiger partial charge is 0.320 e. The van der Waals surface area contributed by atoms with Crippen molar-refractivity contribution in [2.24, 2.45) is 0 Å². The number of fused-ring (bicyclic) bond motifs is 2. The molecule has 1 fully saturated rings. The molecule has 2 aliphatic rings. The van der Waals surface area contributed by atoms with Crippen LogP contribution in [0.4, 0.5) is 16.6 Å². The standard InChI is InChI=1S/C37H43ClN8O4/c1-37(2,3)32-22-34(46(43-32)24-11-13-28(38)31(21-24)49-20-19-47)40-35(48)39-29-14-15-30(27-10-6-5-9-26(27)29)50-25-12-16-33-41-42-36(45(33)23-25)44-17-7-4-8-18-44/h5-6,9-13,16,21-23,29-30,47H,4,7-8,14-15,17-20H2,1-3H3,(H2,39,40,48)/t29-,30+/m0/s1. The Morgan fingerprint density at radius 1 is 1.00 bits per heavy atom. The maximum atomic E-state index is 13.6. The fraction of sp³-hybridized carbons (Fsp3) is 0.405. The lowest BCUT2D eigenvalue weighted by molar-refractivity contribution is 0.171. The molecule has 3 aromatic heterocycles. The molecule has 0 radical (unpaired) electrons. The van der Waals surface area contributed by atoms with Gasteiger partial charge in [-0.1, -0.05) is 56.6 Å². The first-order valence-corrected chi connectivity index (χ1v) is 17.6. The van der Waals surface area contributed by atoms with E-state index in [0.717, 1.165) is 60.1 Å². The van der Waals surface area contributed by atoms with Crippen LogP contribution in [0.2, 0.25) is 5.02 Å². The molecule has 5 aromatic rings. The number of nitrogens with one attached hydrogen (secondary N) is 2. The van der Waals surface area contributed by atoms with Gasteiger partial charge in [-0.2, -0.15) is 5.10 Å². The van der Waals surface area contributed by atoms with Crippen LogP contribution in [0.25, 0.3) is 11.3 Å². The van der Waals surface area contributed by atoms with Gasteiger partial charge in [0.2, 0.25) is 5.95 Å². The van der Waals surface area contributed by atoms with Crippen LogP contribution in [0.15, 0.2) is 66.9 Å². The molecule has 12 nitrogen and oxygen atoms in total. The van der Waals surface area contributed by atoms with E-state index in [-0.39, 0.29) is 36.8 Å². The number of piperidine rings is 1. The third kappa shape index (κ3) is 7.08. The molecule has 0 bridgehead atoms. The molecule has 3 N–H and O–H groups in total. The normalized spacial score (nSPS) is 17.7. The summed E-state index contributed by atoms with van der Waals surface area (Å²) in [6.45, 7) is 8.12. The van der Waals surface area contributed by atoms with Crippen molar-refractivity contribution in [1.82, 2.24) is 29.7 Å². The number of benzene rings is 2. The van der Waals surface area contributed by atoms with Crippen molar-refractivity contribution < 1.29 is 19.4 Å². The van der Waals surface area contributed by atoms with E-state index in [2.05, 4.69) is 58.6 Å². The lowest BCUT2D eigenvalue weighted by Crippen LogP contribution is -2.36. The lowest BCUT2D eigenvalue weighted by Gasteiger charge is -2.32. The van der Waals surface area contributed by atoms with Gasteiger partial charge < -0.3 is 24.8 Å². The predicted octanol–water partition coefficient (Wildman–Crippen LogP) is 7.00. The van der Waals surface area contributed by atoms with Crippen LogP contribution in [0.5, 0.6) is 11.5 Å². The first-order valence-electron chi connectivity index (χ1n) is 17.2. The largest absolute Gasteiger partial charge is 0.490 e. The Bertz CT molecular complexity index is 1980. The zero-order chi connectivity index (χ0) is 34.8. The maximum Gasteiger partial charge on any atom is 0.320 e. The molecule has 1 aliphatic heterocycles. The second kappa shape index (κ2) is 14.2. The number of aliphatic hydroxyl groups is 1. The Morgan fingerprint density at radius 2 is 1.80 bits per heavy atom. The van der Waals surface area contributed by atoms with Gasteiger partial charge >= 0.3 is 6.03 Å². The van der Waals surface area contributed by atoms with E-state index >= 15 is 0 Å². The van der Waals surface area contributed by atoms with Crippen molar-refractivity contribution in [3.8, 4) is 17.2 Å². The molecule has 2 aromatic carbocycles. The number of halogens is 1. The number of anilines is 2. The molecule has 50 heavy (non-hydrogen) atoms. The second-order valence-electron chi connectivity index (χ2n) is 13.9.